The molecule has 1 aromatic rings. The van der Waals surface area contributed by atoms with E-state index in [2.05, 4.69) is 4.74 Å². The van der Waals surface area contributed by atoms with Crippen LogP contribution in [-0.4, -0.2) is 38.5 Å². The van der Waals surface area contributed by atoms with Crippen LogP contribution in [-0.2, 0) is 10.0 Å². The summed E-state index contributed by atoms with van der Waals surface area (Å²) >= 11 is 5.83. The molecule has 0 aromatic heterocycles. The number of benzene rings is 1. The number of hydrogen-bond acceptors (Lipinski definition) is 4. The zero-order chi connectivity index (χ0) is 17.2. The van der Waals surface area contributed by atoms with Crippen LogP contribution in [0, 0.1) is 5.92 Å². The van der Waals surface area contributed by atoms with E-state index in [0.29, 0.717) is 31.8 Å². The summed E-state index contributed by atoms with van der Waals surface area (Å²) in [5.74, 6) is 0.0446. The van der Waals surface area contributed by atoms with E-state index in [0.717, 1.165) is 12.1 Å². The van der Waals surface area contributed by atoms with Gasteiger partial charge in [-0.1, -0.05) is 11.6 Å². The van der Waals surface area contributed by atoms with E-state index < -0.39 is 16.6 Å². The van der Waals surface area contributed by atoms with Crippen molar-refractivity contribution < 1.29 is 21.9 Å². The molecule has 1 aliphatic heterocycles. The van der Waals surface area contributed by atoms with Crippen molar-refractivity contribution >= 4 is 21.6 Å². The van der Waals surface area contributed by atoms with Gasteiger partial charge in [0.2, 0.25) is 10.0 Å². The van der Waals surface area contributed by atoms with Gasteiger partial charge < -0.3 is 10.5 Å². The minimum atomic E-state index is -3.71. The summed E-state index contributed by atoms with van der Waals surface area (Å²) in [6.07, 6.45) is 1.38. The molecule has 0 saturated carbocycles. The van der Waals surface area contributed by atoms with Crippen molar-refractivity contribution in [2.45, 2.75) is 37.3 Å². The topological polar surface area (TPSA) is 72.6 Å². The summed E-state index contributed by atoms with van der Waals surface area (Å²) in [4.78, 5) is -0.0386. The minimum Gasteiger partial charge on any atom is -0.433 e. The highest BCUT2D eigenvalue weighted by molar-refractivity contribution is 7.89. The lowest BCUT2D eigenvalue weighted by molar-refractivity contribution is -0.0498. The van der Waals surface area contributed by atoms with Crippen LogP contribution in [0.3, 0.4) is 0 Å². The third-order valence-electron chi connectivity index (χ3n) is 4.00. The lowest BCUT2D eigenvalue weighted by atomic mass is 9.92. The van der Waals surface area contributed by atoms with E-state index in [1.807, 2.05) is 6.92 Å². The normalized spacial score (nSPS) is 19.0. The third-order valence-corrected chi connectivity index (χ3v) is 6.19. The lowest BCUT2D eigenvalue weighted by Crippen LogP contribution is -2.42. The molecule has 1 heterocycles. The Balaban J connectivity index is 2.16. The van der Waals surface area contributed by atoms with Crippen molar-refractivity contribution in [2.75, 3.05) is 13.1 Å². The molecule has 0 spiro atoms. The summed E-state index contributed by atoms with van der Waals surface area (Å²) in [5, 5.41) is -0.170. The first-order valence-corrected chi connectivity index (χ1v) is 9.03. The van der Waals surface area contributed by atoms with Gasteiger partial charge in [0.1, 0.15) is 5.75 Å². The van der Waals surface area contributed by atoms with Crippen LogP contribution in [0.1, 0.15) is 19.8 Å². The molecule has 2 N–H and O–H groups in total. The summed E-state index contributed by atoms with van der Waals surface area (Å²) < 4.78 is 55.2. The molecule has 1 unspecified atom stereocenters. The summed E-state index contributed by atoms with van der Waals surface area (Å²) in [7, 11) is -3.71. The van der Waals surface area contributed by atoms with Crippen LogP contribution in [0.25, 0.3) is 0 Å². The van der Waals surface area contributed by atoms with Crippen molar-refractivity contribution in [1.82, 2.24) is 4.31 Å². The number of rotatable bonds is 5. The van der Waals surface area contributed by atoms with E-state index in [1.165, 1.54) is 10.4 Å². The van der Waals surface area contributed by atoms with Crippen molar-refractivity contribution in [3.05, 3.63) is 23.2 Å². The van der Waals surface area contributed by atoms with Crippen LogP contribution in [0.4, 0.5) is 8.78 Å². The first kappa shape index (κ1) is 18.4. The molecular weight excluding hydrogens is 350 g/mol. The number of nitrogens with two attached hydrogens (primary N) is 1. The van der Waals surface area contributed by atoms with E-state index in [1.54, 1.807) is 0 Å². The Kier molecular flexibility index (Phi) is 5.83. The standard InChI is InChI=1S/C14H19ClF2N2O3S/c1-9(18)10-4-6-19(7-5-10)23(20,21)11-2-3-13(12(15)8-11)22-14(16)17/h2-3,8-10,14H,4-7,18H2,1H3. The van der Waals surface area contributed by atoms with Gasteiger partial charge in [0.05, 0.1) is 9.92 Å². The molecule has 1 aromatic carbocycles. The Morgan fingerprint density at radius 1 is 1.35 bits per heavy atom. The van der Waals surface area contributed by atoms with Crippen molar-refractivity contribution in [1.29, 1.82) is 0 Å². The number of alkyl halides is 2. The van der Waals surface area contributed by atoms with Crippen molar-refractivity contribution in [3.63, 3.8) is 0 Å². The molecule has 0 aliphatic carbocycles. The molecular formula is C14H19ClF2N2O3S. The number of hydrogen-bond donors (Lipinski definition) is 1. The van der Waals surface area contributed by atoms with Crippen molar-refractivity contribution in [3.8, 4) is 5.75 Å². The molecule has 9 heteroatoms. The average Bonchev–Trinajstić information content (AvgIpc) is 2.49. The van der Waals surface area contributed by atoms with Gasteiger partial charge >= 0.3 is 6.61 Å². The molecule has 1 atom stereocenters. The van der Waals surface area contributed by atoms with Gasteiger partial charge in [0.25, 0.3) is 0 Å². The minimum absolute atomic E-state index is 0.0278. The Hall–Kier alpha value is -0.960. The lowest BCUT2D eigenvalue weighted by Gasteiger charge is -2.33. The maximum atomic E-state index is 12.6. The van der Waals surface area contributed by atoms with Crippen LogP contribution in [0.5, 0.6) is 5.75 Å². The Labute approximate surface area is 139 Å². The van der Waals surface area contributed by atoms with Gasteiger partial charge in [-0.25, -0.2) is 8.42 Å². The predicted octanol–water partition coefficient (Wildman–Crippen LogP) is 2.69. The highest BCUT2D eigenvalue weighted by Gasteiger charge is 2.31. The zero-order valence-electron chi connectivity index (χ0n) is 12.6. The molecule has 5 nitrogen and oxygen atoms in total. The third kappa shape index (κ3) is 4.32. The van der Waals surface area contributed by atoms with Gasteiger partial charge in [-0.05, 0) is 43.9 Å². The summed E-state index contributed by atoms with van der Waals surface area (Å²) in [5.41, 5.74) is 5.85. The Bertz CT molecular complexity index is 647. The number of nitrogens with zero attached hydrogens (tertiary/aromatic N) is 1. The second-order valence-corrected chi connectivity index (χ2v) is 7.92. The number of sulfonamides is 1. The number of piperidine rings is 1. The second-order valence-electron chi connectivity index (χ2n) is 5.57. The largest absolute Gasteiger partial charge is 0.433 e. The fraction of sp³-hybridized carbons (Fsp3) is 0.571. The smallest absolute Gasteiger partial charge is 0.387 e. The zero-order valence-corrected chi connectivity index (χ0v) is 14.2. The average molecular weight is 369 g/mol. The molecule has 130 valence electrons. The van der Waals surface area contributed by atoms with Gasteiger partial charge in [-0.15, -0.1) is 0 Å². The molecule has 0 amide bonds. The van der Waals surface area contributed by atoms with Crippen molar-refractivity contribution in [2.24, 2.45) is 11.7 Å². The number of ether oxygens (including phenoxy) is 1. The maximum absolute atomic E-state index is 12.6. The fourth-order valence-corrected chi connectivity index (χ4v) is 4.41. The number of halogens is 3. The molecule has 1 saturated heterocycles. The second kappa shape index (κ2) is 7.29. The molecule has 1 fully saturated rings. The summed E-state index contributed by atoms with van der Waals surface area (Å²) in [6.45, 7) is -0.355. The van der Waals surface area contributed by atoms with Crippen LogP contribution in [0.2, 0.25) is 5.02 Å². The van der Waals surface area contributed by atoms with E-state index >= 15 is 0 Å². The molecule has 0 radical (unpaired) electrons. The SMILES string of the molecule is CC(N)C1CCN(S(=O)(=O)c2ccc(OC(F)F)c(Cl)c2)CC1. The fourth-order valence-electron chi connectivity index (χ4n) is 2.62. The van der Waals surface area contributed by atoms with Crippen LogP contribution >= 0.6 is 11.6 Å². The monoisotopic (exact) mass is 368 g/mol. The first-order valence-electron chi connectivity index (χ1n) is 7.22. The van der Waals surface area contributed by atoms with Crippen LogP contribution in [0.15, 0.2) is 23.1 Å². The van der Waals surface area contributed by atoms with E-state index in [-0.39, 0.29) is 21.7 Å². The molecule has 0 bridgehead atoms. The van der Waals surface area contributed by atoms with Gasteiger partial charge in [0, 0.05) is 19.1 Å². The van der Waals surface area contributed by atoms with Gasteiger partial charge in [-0.2, -0.15) is 13.1 Å². The van der Waals surface area contributed by atoms with E-state index in [9.17, 15) is 17.2 Å². The van der Waals surface area contributed by atoms with Crippen LogP contribution < -0.4 is 10.5 Å². The summed E-state index contributed by atoms with van der Waals surface area (Å²) in [6, 6.07) is 3.51. The quantitative estimate of drug-likeness (QED) is 0.867. The molecule has 2 rings (SSSR count). The highest BCUT2D eigenvalue weighted by Crippen LogP contribution is 2.31. The van der Waals surface area contributed by atoms with Gasteiger partial charge in [0.15, 0.2) is 0 Å². The first-order chi connectivity index (χ1) is 10.7. The molecule has 23 heavy (non-hydrogen) atoms. The highest BCUT2D eigenvalue weighted by atomic mass is 35.5. The maximum Gasteiger partial charge on any atom is 0.387 e. The van der Waals surface area contributed by atoms with Gasteiger partial charge in [-0.3, -0.25) is 0 Å². The predicted molar refractivity (Wildman–Crippen MR) is 83.2 cm³/mol. The Morgan fingerprint density at radius 3 is 2.43 bits per heavy atom. The van der Waals surface area contributed by atoms with E-state index in [4.69, 9.17) is 17.3 Å². The Morgan fingerprint density at radius 2 is 1.96 bits per heavy atom. The molecule has 1 aliphatic rings.